The molecule has 0 radical (unpaired) electrons. The van der Waals surface area contributed by atoms with Crippen molar-refractivity contribution in [2.45, 2.75) is 24.5 Å². The van der Waals surface area contributed by atoms with E-state index in [1.165, 1.54) is 12.4 Å². The van der Waals surface area contributed by atoms with Gasteiger partial charge in [0, 0.05) is 18.4 Å². The first-order chi connectivity index (χ1) is 9.10. The summed E-state index contributed by atoms with van der Waals surface area (Å²) >= 11 is 0. The third-order valence-electron chi connectivity index (χ3n) is 2.83. The van der Waals surface area contributed by atoms with Crippen LogP contribution >= 0.6 is 0 Å². The van der Waals surface area contributed by atoms with Crippen LogP contribution in [0.25, 0.3) is 0 Å². The Labute approximate surface area is 108 Å². The fraction of sp³-hybridized carbons (Fsp3) is 0.455. The van der Waals surface area contributed by atoms with Crippen molar-refractivity contribution < 1.29 is 24.9 Å². The number of amides is 1. The molecule has 102 valence electrons. The van der Waals surface area contributed by atoms with Gasteiger partial charge in [0.1, 0.15) is 18.3 Å². The van der Waals surface area contributed by atoms with Gasteiger partial charge in [-0.3, -0.25) is 4.79 Å². The highest BCUT2D eigenvalue weighted by atomic mass is 16.6. The number of carbonyl (C=O) groups excluding carboxylic acids is 1. The van der Waals surface area contributed by atoms with E-state index in [9.17, 15) is 15.0 Å². The van der Waals surface area contributed by atoms with Gasteiger partial charge in [0.25, 0.3) is 0 Å². The summed E-state index contributed by atoms with van der Waals surface area (Å²) in [5, 5.41) is 28.4. The maximum atomic E-state index is 12.0. The first-order valence-corrected chi connectivity index (χ1v) is 5.51. The van der Waals surface area contributed by atoms with E-state index in [1.54, 1.807) is 0 Å². The van der Waals surface area contributed by atoms with Crippen molar-refractivity contribution in [3.05, 3.63) is 18.2 Å². The van der Waals surface area contributed by atoms with Crippen molar-refractivity contribution >= 4 is 5.91 Å². The summed E-state index contributed by atoms with van der Waals surface area (Å²) in [4.78, 5) is 19.1. The Morgan fingerprint density at radius 1 is 1.58 bits per heavy atom. The fourth-order valence-corrected chi connectivity index (χ4v) is 1.84. The number of nitrogens with one attached hydrogen (secondary N) is 1. The van der Waals surface area contributed by atoms with Gasteiger partial charge in [0.2, 0.25) is 0 Å². The predicted molar refractivity (Wildman–Crippen MR) is 61.4 cm³/mol. The van der Waals surface area contributed by atoms with E-state index < -0.39 is 37.1 Å². The van der Waals surface area contributed by atoms with E-state index >= 15 is 0 Å². The molecule has 0 unspecified atom stereocenters. The molecule has 8 nitrogen and oxygen atoms in total. The summed E-state index contributed by atoms with van der Waals surface area (Å²) in [5.74, 6) is -0.696. The third-order valence-corrected chi connectivity index (χ3v) is 2.83. The van der Waals surface area contributed by atoms with E-state index in [0.717, 1.165) is 4.90 Å². The molecule has 1 aliphatic heterocycles. The first kappa shape index (κ1) is 13.5. The number of imidazole rings is 1. The Morgan fingerprint density at radius 2 is 2.32 bits per heavy atom. The molecular weight excluding hydrogens is 254 g/mol. The average Bonchev–Trinajstić information content (AvgIpc) is 3.03. The zero-order valence-electron chi connectivity index (χ0n) is 9.80. The SMILES string of the molecule is C#CN(C(=O)c1ncc[nH]1)[C@@H]1O[C@H](CO)[C@@H](O)[C@H]1O. The average molecular weight is 267 g/mol. The van der Waals surface area contributed by atoms with Crippen LogP contribution in [0, 0.1) is 12.5 Å². The predicted octanol–water partition coefficient (Wildman–Crippen LogP) is -2.12. The smallest absolute Gasteiger partial charge is 0.303 e. The molecule has 1 aromatic heterocycles. The summed E-state index contributed by atoms with van der Waals surface area (Å²) in [6.45, 7) is -0.498. The van der Waals surface area contributed by atoms with Crippen molar-refractivity contribution in [1.82, 2.24) is 14.9 Å². The van der Waals surface area contributed by atoms with Crippen molar-refractivity contribution in [2.75, 3.05) is 6.61 Å². The van der Waals surface area contributed by atoms with Crippen LogP contribution < -0.4 is 0 Å². The van der Waals surface area contributed by atoms with Gasteiger partial charge < -0.3 is 25.0 Å². The van der Waals surface area contributed by atoms with Crippen molar-refractivity contribution in [3.63, 3.8) is 0 Å². The minimum Gasteiger partial charge on any atom is -0.394 e. The number of hydrogen-bond donors (Lipinski definition) is 4. The number of hydrogen-bond acceptors (Lipinski definition) is 6. The summed E-state index contributed by atoms with van der Waals surface area (Å²) < 4.78 is 5.18. The van der Waals surface area contributed by atoms with Gasteiger partial charge in [0.05, 0.1) is 6.61 Å². The zero-order chi connectivity index (χ0) is 14.0. The van der Waals surface area contributed by atoms with Crippen molar-refractivity contribution in [1.29, 1.82) is 0 Å². The molecule has 2 rings (SSSR count). The molecule has 0 saturated carbocycles. The summed E-state index contributed by atoms with van der Waals surface area (Å²) in [7, 11) is 0. The number of aromatic amines is 1. The van der Waals surface area contributed by atoms with Gasteiger partial charge >= 0.3 is 5.91 Å². The van der Waals surface area contributed by atoms with Crippen molar-refractivity contribution in [3.8, 4) is 12.5 Å². The van der Waals surface area contributed by atoms with E-state index in [2.05, 4.69) is 16.0 Å². The second-order valence-electron chi connectivity index (χ2n) is 3.97. The quantitative estimate of drug-likeness (QED) is 0.367. The molecule has 0 bridgehead atoms. The maximum Gasteiger partial charge on any atom is 0.303 e. The zero-order valence-corrected chi connectivity index (χ0v) is 9.80. The van der Waals surface area contributed by atoms with Crippen LogP contribution in [0.15, 0.2) is 12.4 Å². The molecule has 0 spiro atoms. The summed E-state index contributed by atoms with van der Waals surface area (Å²) in [6.07, 6.45) is 3.08. The van der Waals surface area contributed by atoms with Gasteiger partial charge in [-0.15, -0.1) is 0 Å². The molecule has 0 aromatic carbocycles. The lowest BCUT2D eigenvalue weighted by atomic mass is 10.1. The lowest BCUT2D eigenvalue weighted by Gasteiger charge is -2.23. The maximum absolute atomic E-state index is 12.0. The molecular formula is C11H13N3O5. The number of rotatable bonds is 3. The monoisotopic (exact) mass is 267 g/mol. The standard InChI is InChI=1S/C11H13N3O5/c1-2-14(10(18)9-12-3-4-13-9)11-8(17)7(16)6(5-15)19-11/h1,3-4,6-8,11,15-17H,5H2,(H,12,13)/t6-,7-,8-,11-/m1/s1. The second-order valence-corrected chi connectivity index (χ2v) is 3.97. The van der Waals surface area contributed by atoms with Crippen molar-refractivity contribution in [2.24, 2.45) is 0 Å². The molecule has 1 amide bonds. The number of aromatic nitrogens is 2. The van der Waals surface area contributed by atoms with Crippen LogP contribution in [-0.4, -0.2) is 67.2 Å². The second kappa shape index (κ2) is 5.38. The molecule has 4 atom stereocenters. The Hall–Kier alpha value is -1.92. The number of terminal acetylenes is 1. The normalized spacial score (nSPS) is 30.0. The van der Waals surface area contributed by atoms with Gasteiger partial charge in [-0.1, -0.05) is 6.42 Å². The molecule has 1 saturated heterocycles. The highest BCUT2D eigenvalue weighted by molar-refractivity contribution is 5.92. The van der Waals surface area contributed by atoms with E-state index in [0.29, 0.717) is 0 Å². The largest absolute Gasteiger partial charge is 0.394 e. The topological polar surface area (TPSA) is 119 Å². The molecule has 4 N–H and O–H groups in total. The molecule has 1 aliphatic rings. The molecule has 1 aromatic rings. The number of carbonyl (C=O) groups is 1. The van der Waals surface area contributed by atoms with Gasteiger partial charge in [-0.2, -0.15) is 0 Å². The van der Waals surface area contributed by atoms with E-state index in [1.807, 2.05) is 0 Å². The van der Waals surface area contributed by atoms with E-state index in [4.69, 9.17) is 16.3 Å². The van der Waals surface area contributed by atoms with Crippen LogP contribution in [0.5, 0.6) is 0 Å². The number of nitrogens with zero attached hydrogens (tertiary/aromatic N) is 2. The highest BCUT2D eigenvalue weighted by Gasteiger charge is 2.46. The Balaban J connectivity index is 2.20. The molecule has 19 heavy (non-hydrogen) atoms. The molecule has 1 fully saturated rings. The van der Waals surface area contributed by atoms with Crippen LogP contribution in [0.1, 0.15) is 10.6 Å². The van der Waals surface area contributed by atoms with Gasteiger partial charge in [-0.25, -0.2) is 9.88 Å². The third kappa shape index (κ3) is 2.32. The van der Waals surface area contributed by atoms with Crippen LogP contribution in [-0.2, 0) is 4.74 Å². The molecule has 0 aliphatic carbocycles. The highest BCUT2D eigenvalue weighted by Crippen LogP contribution is 2.24. The summed E-state index contributed by atoms with van der Waals surface area (Å²) in [6, 6.07) is 2.07. The van der Waals surface area contributed by atoms with Crippen LogP contribution in [0.2, 0.25) is 0 Å². The Kier molecular flexibility index (Phi) is 3.82. The van der Waals surface area contributed by atoms with E-state index in [-0.39, 0.29) is 5.82 Å². The van der Waals surface area contributed by atoms with Gasteiger partial charge in [-0.05, 0) is 0 Å². The first-order valence-electron chi connectivity index (χ1n) is 5.51. The van der Waals surface area contributed by atoms with Gasteiger partial charge in [0.15, 0.2) is 12.1 Å². The minimum atomic E-state index is -1.41. The summed E-state index contributed by atoms with van der Waals surface area (Å²) in [5.41, 5.74) is 0. The Morgan fingerprint density at radius 3 is 2.79 bits per heavy atom. The number of aliphatic hydroxyl groups excluding tert-OH is 3. The number of H-pyrrole nitrogens is 1. The minimum absolute atomic E-state index is 0.0179. The number of ether oxygens (including phenoxy) is 1. The van der Waals surface area contributed by atoms with Crippen LogP contribution in [0.3, 0.4) is 0 Å². The lowest BCUT2D eigenvalue weighted by Crippen LogP contribution is -2.45. The fourth-order valence-electron chi connectivity index (χ4n) is 1.84. The number of aliphatic hydroxyl groups is 3. The molecule has 2 heterocycles. The van der Waals surface area contributed by atoms with Crippen LogP contribution in [0.4, 0.5) is 0 Å². The molecule has 8 heteroatoms. The lowest BCUT2D eigenvalue weighted by molar-refractivity contribution is -0.0657. The Bertz CT molecular complexity index is 483.